The van der Waals surface area contributed by atoms with Crippen LogP contribution in [0.5, 0.6) is 0 Å². The van der Waals surface area contributed by atoms with Crippen molar-refractivity contribution in [2.24, 2.45) is 0 Å². The fourth-order valence-corrected chi connectivity index (χ4v) is 2.86. The highest BCUT2D eigenvalue weighted by Gasteiger charge is 2.21. The topological polar surface area (TPSA) is 92.7 Å². The molecule has 2 N–H and O–H groups in total. The van der Waals surface area contributed by atoms with E-state index in [1.54, 1.807) is 20.8 Å². The molecule has 1 heterocycles. The zero-order chi connectivity index (χ0) is 13.3. The monoisotopic (exact) mass is 279 g/mol. The Morgan fingerprint density at radius 3 is 2.47 bits per heavy atom. The molecule has 1 aromatic rings. The molecule has 0 aliphatic rings. The highest BCUT2D eigenvalue weighted by molar-refractivity contribution is 7.89. The van der Waals surface area contributed by atoms with Crippen molar-refractivity contribution in [2.45, 2.75) is 31.3 Å². The van der Waals surface area contributed by atoms with Gasteiger partial charge in [-0.25, -0.2) is 13.2 Å². The molecule has 17 heavy (non-hydrogen) atoms. The number of rotatable bonds is 4. The van der Waals surface area contributed by atoms with Gasteiger partial charge in [-0.15, -0.1) is 11.3 Å². The average molecular weight is 279 g/mol. The van der Waals surface area contributed by atoms with E-state index >= 15 is 0 Å². The molecule has 0 atom stereocenters. The van der Waals surface area contributed by atoms with Crippen LogP contribution < -0.4 is 4.89 Å². The van der Waals surface area contributed by atoms with Gasteiger partial charge in [0.05, 0.1) is 10.5 Å². The molecule has 0 aliphatic heterocycles. The molecule has 0 bridgehead atoms. The molecule has 6 nitrogen and oxygen atoms in total. The van der Waals surface area contributed by atoms with Gasteiger partial charge in [0, 0.05) is 5.38 Å². The minimum absolute atomic E-state index is 0.0406. The van der Waals surface area contributed by atoms with Crippen LogP contribution in [0.25, 0.3) is 0 Å². The number of thiophene rings is 1. The summed E-state index contributed by atoms with van der Waals surface area (Å²) in [4.78, 5) is 17.4. The predicted molar refractivity (Wildman–Crippen MR) is 62.4 cm³/mol. The van der Waals surface area contributed by atoms with Crippen molar-refractivity contribution >= 4 is 27.3 Å². The predicted octanol–water partition coefficient (Wildman–Crippen LogP) is 1.45. The molecule has 1 rings (SSSR count). The van der Waals surface area contributed by atoms with Crippen molar-refractivity contribution in [3.8, 4) is 0 Å². The van der Waals surface area contributed by atoms with Crippen molar-refractivity contribution in [1.29, 1.82) is 0 Å². The number of carboxylic acid groups (broad SMARTS) is 1. The van der Waals surface area contributed by atoms with E-state index in [0.29, 0.717) is 0 Å². The molecule has 96 valence electrons. The largest absolute Gasteiger partial charge is 0.477 e. The van der Waals surface area contributed by atoms with Gasteiger partial charge in [-0.3, -0.25) is 4.84 Å². The minimum atomic E-state index is -3.83. The van der Waals surface area contributed by atoms with Gasteiger partial charge in [0.2, 0.25) is 0 Å². The molecule has 0 fully saturated rings. The van der Waals surface area contributed by atoms with Gasteiger partial charge in [-0.1, -0.05) is 4.89 Å². The van der Waals surface area contributed by atoms with Gasteiger partial charge in [-0.2, -0.15) is 0 Å². The number of carboxylic acids is 1. The van der Waals surface area contributed by atoms with E-state index in [-0.39, 0.29) is 9.77 Å². The number of carbonyl (C=O) groups is 1. The second-order valence-electron chi connectivity index (χ2n) is 4.25. The zero-order valence-corrected chi connectivity index (χ0v) is 11.2. The van der Waals surface area contributed by atoms with Crippen LogP contribution in [0.2, 0.25) is 0 Å². The smallest absolute Gasteiger partial charge is 0.345 e. The Bertz CT molecular complexity index is 512. The summed E-state index contributed by atoms with van der Waals surface area (Å²) in [6.07, 6.45) is 0. The third-order valence-corrected chi connectivity index (χ3v) is 3.78. The highest BCUT2D eigenvalue weighted by Crippen LogP contribution is 2.19. The second-order valence-corrected chi connectivity index (χ2v) is 6.81. The van der Waals surface area contributed by atoms with Gasteiger partial charge < -0.3 is 5.11 Å². The number of aromatic carboxylic acids is 1. The summed E-state index contributed by atoms with van der Waals surface area (Å²) in [5.41, 5.74) is -0.668. The molecule has 0 spiro atoms. The van der Waals surface area contributed by atoms with Crippen LogP contribution >= 0.6 is 11.3 Å². The number of nitrogens with one attached hydrogen (secondary N) is 1. The fraction of sp³-hybridized carbons (Fsp3) is 0.444. The standard InChI is InChI=1S/C9H13NO5S2/c1-9(2,3)15-10-17(13,14)6-4-7(8(11)12)16-5-6/h4-5,10H,1-3H3,(H,11,12). The SMILES string of the molecule is CC(C)(C)ONS(=O)(=O)c1csc(C(=O)O)c1. The van der Waals surface area contributed by atoms with Crippen molar-refractivity contribution in [2.75, 3.05) is 0 Å². The van der Waals surface area contributed by atoms with Crippen LogP contribution in [0.15, 0.2) is 16.3 Å². The van der Waals surface area contributed by atoms with Gasteiger partial charge in [0.25, 0.3) is 10.0 Å². The van der Waals surface area contributed by atoms with Crippen LogP contribution in [0.4, 0.5) is 0 Å². The van der Waals surface area contributed by atoms with Gasteiger partial charge in [-0.05, 0) is 26.8 Å². The molecule has 8 heteroatoms. The minimum Gasteiger partial charge on any atom is -0.477 e. The Morgan fingerprint density at radius 2 is 2.06 bits per heavy atom. The Morgan fingerprint density at radius 1 is 1.47 bits per heavy atom. The van der Waals surface area contributed by atoms with Crippen LogP contribution in [0, 0.1) is 0 Å². The third kappa shape index (κ3) is 4.08. The van der Waals surface area contributed by atoms with Crippen LogP contribution in [-0.4, -0.2) is 25.1 Å². The first-order chi connectivity index (χ1) is 7.62. The van der Waals surface area contributed by atoms with Gasteiger partial charge >= 0.3 is 5.97 Å². The summed E-state index contributed by atoms with van der Waals surface area (Å²) >= 11 is 0.844. The molecule has 0 aromatic carbocycles. The Hall–Kier alpha value is -0.960. The van der Waals surface area contributed by atoms with E-state index in [4.69, 9.17) is 9.94 Å². The quantitative estimate of drug-likeness (QED) is 0.814. The third-order valence-electron chi connectivity index (χ3n) is 1.55. The zero-order valence-electron chi connectivity index (χ0n) is 9.55. The number of hydrogen-bond acceptors (Lipinski definition) is 5. The highest BCUT2D eigenvalue weighted by atomic mass is 32.2. The number of sulfonamides is 1. The molecule has 0 saturated carbocycles. The van der Waals surface area contributed by atoms with E-state index < -0.39 is 21.6 Å². The fourth-order valence-electron chi connectivity index (χ4n) is 0.800. The normalized spacial score (nSPS) is 12.6. The van der Waals surface area contributed by atoms with Crippen LogP contribution in [-0.2, 0) is 14.9 Å². The first-order valence-corrected chi connectivity index (χ1v) is 7.00. The average Bonchev–Trinajstić information content (AvgIpc) is 2.63. The van der Waals surface area contributed by atoms with E-state index in [1.165, 1.54) is 5.38 Å². The molecule has 1 aromatic heterocycles. The molecule has 0 unspecified atom stereocenters. The maximum atomic E-state index is 11.7. The van der Waals surface area contributed by atoms with Crippen molar-refractivity contribution in [3.05, 3.63) is 16.3 Å². The lowest BCUT2D eigenvalue weighted by molar-refractivity contribution is -0.0357. The summed E-state index contributed by atoms with van der Waals surface area (Å²) in [5, 5.41) is 9.93. The number of hydrogen-bond donors (Lipinski definition) is 2. The van der Waals surface area contributed by atoms with Crippen molar-refractivity contribution in [1.82, 2.24) is 4.89 Å². The summed E-state index contributed by atoms with van der Waals surface area (Å²) in [5.74, 6) is -1.16. The van der Waals surface area contributed by atoms with E-state index in [0.717, 1.165) is 17.4 Å². The summed E-state index contributed by atoms with van der Waals surface area (Å²) in [7, 11) is -3.83. The Labute approximate surface area is 103 Å². The van der Waals surface area contributed by atoms with Crippen molar-refractivity contribution < 1.29 is 23.2 Å². The molecule has 0 aliphatic carbocycles. The second kappa shape index (κ2) is 4.73. The first-order valence-electron chi connectivity index (χ1n) is 4.63. The van der Waals surface area contributed by atoms with E-state index in [9.17, 15) is 13.2 Å². The maximum Gasteiger partial charge on any atom is 0.345 e. The Kier molecular flexibility index (Phi) is 3.92. The van der Waals surface area contributed by atoms with Crippen molar-refractivity contribution in [3.63, 3.8) is 0 Å². The Balaban J connectivity index is 2.86. The van der Waals surface area contributed by atoms with Crippen LogP contribution in [0.3, 0.4) is 0 Å². The molecular weight excluding hydrogens is 266 g/mol. The first kappa shape index (κ1) is 14.1. The lowest BCUT2D eigenvalue weighted by Gasteiger charge is -2.18. The molecular formula is C9H13NO5S2. The molecule has 0 amide bonds. The summed E-state index contributed by atoms with van der Waals surface area (Å²) < 4.78 is 23.4. The summed E-state index contributed by atoms with van der Waals surface area (Å²) in [6.45, 7) is 5.06. The van der Waals surface area contributed by atoms with Crippen LogP contribution in [0.1, 0.15) is 30.4 Å². The van der Waals surface area contributed by atoms with E-state index in [2.05, 4.69) is 0 Å². The lowest BCUT2D eigenvalue weighted by atomic mass is 10.2. The lowest BCUT2D eigenvalue weighted by Crippen LogP contribution is -2.33. The molecule has 0 radical (unpaired) electrons. The summed E-state index contributed by atoms with van der Waals surface area (Å²) in [6, 6.07) is 1.08. The molecule has 0 saturated heterocycles. The maximum absolute atomic E-state index is 11.7. The van der Waals surface area contributed by atoms with Gasteiger partial charge in [0.1, 0.15) is 4.88 Å². The van der Waals surface area contributed by atoms with E-state index in [1.807, 2.05) is 4.89 Å². The van der Waals surface area contributed by atoms with Gasteiger partial charge in [0.15, 0.2) is 0 Å².